The molecule has 172 valence electrons. The fourth-order valence-corrected chi connectivity index (χ4v) is 3.11. The van der Waals surface area contributed by atoms with Crippen molar-refractivity contribution in [1.82, 2.24) is 15.1 Å². The number of piperazine rings is 1. The van der Waals surface area contributed by atoms with Crippen LogP contribution in [0.15, 0.2) is 4.99 Å². The summed E-state index contributed by atoms with van der Waals surface area (Å²) in [5.74, 6) is 0.627. The number of esters is 1. The van der Waals surface area contributed by atoms with E-state index in [0.717, 1.165) is 38.2 Å². The molecule has 29 heavy (non-hydrogen) atoms. The van der Waals surface area contributed by atoms with E-state index in [1.165, 1.54) is 11.8 Å². The Balaban J connectivity index is 0.00000784. The van der Waals surface area contributed by atoms with Gasteiger partial charge in [0.2, 0.25) is 0 Å². The molecule has 1 unspecified atom stereocenters. The van der Waals surface area contributed by atoms with Gasteiger partial charge >= 0.3 is 12.1 Å². The first-order valence-corrected chi connectivity index (χ1v) is 10.3. The van der Waals surface area contributed by atoms with E-state index in [0.29, 0.717) is 45.8 Å². The molecule has 10 heteroatoms. The number of aliphatic imine (C=N–C) groups is 1. The average Bonchev–Trinajstić information content (AvgIpc) is 2.65. The summed E-state index contributed by atoms with van der Waals surface area (Å²) in [6, 6.07) is -1.41. The summed E-state index contributed by atoms with van der Waals surface area (Å²) in [7, 11) is 0. The molecule has 0 saturated carbocycles. The van der Waals surface area contributed by atoms with Crippen molar-refractivity contribution < 1.29 is 22.7 Å². The molecule has 1 rings (SSSR count). The van der Waals surface area contributed by atoms with Crippen molar-refractivity contribution in [3.05, 3.63) is 0 Å². The fraction of sp³-hybridized carbons (Fsp3) is 0.895. The van der Waals surface area contributed by atoms with Crippen LogP contribution in [-0.2, 0) is 9.53 Å². The summed E-state index contributed by atoms with van der Waals surface area (Å²) >= 11 is 0. The number of carbonyl (C=O) groups excluding carboxylic acids is 1. The summed E-state index contributed by atoms with van der Waals surface area (Å²) in [6.45, 7) is 8.62. The molecule has 1 saturated heterocycles. The van der Waals surface area contributed by atoms with Crippen LogP contribution in [-0.4, -0.2) is 79.8 Å². The Labute approximate surface area is 189 Å². The minimum Gasteiger partial charge on any atom is -0.466 e. The van der Waals surface area contributed by atoms with Gasteiger partial charge in [0.15, 0.2) is 5.96 Å². The van der Waals surface area contributed by atoms with Gasteiger partial charge in [-0.3, -0.25) is 14.7 Å². The molecule has 6 nitrogen and oxygen atoms in total. The van der Waals surface area contributed by atoms with E-state index >= 15 is 0 Å². The molecule has 1 N–H and O–H groups in total. The molecule has 1 aliphatic rings. The molecule has 0 bridgehead atoms. The standard InChI is InChI=1S/C19H35F3N4O2.HI/c1-4-23-18(24-11-9-7-6-8-10-17(27)28-5-2)26-14-12-25(13-15-26)16(3)19(20,21)22;/h16H,4-15H2,1-3H3,(H,23,24);1H. The summed E-state index contributed by atoms with van der Waals surface area (Å²) in [5.41, 5.74) is 0. The Kier molecular flexibility index (Phi) is 14.7. The highest BCUT2D eigenvalue weighted by molar-refractivity contribution is 14.0. The van der Waals surface area contributed by atoms with Crippen LogP contribution in [0, 0.1) is 0 Å². The maximum Gasteiger partial charge on any atom is 0.403 e. The fourth-order valence-electron chi connectivity index (χ4n) is 3.11. The second kappa shape index (κ2) is 15.1. The van der Waals surface area contributed by atoms with E-state index in [9.17, 15) is 18.0 Å². The first kappa shape index (κ1) is 28.2. The van der Waals surface area contributed by atoms with E-state index in [1.807, 2.05) is 11.8 Å². The Bertz CT molecular complexity index is 485. The number of rotatable bonds is 10. The molecular weight excluding hydrogens is 500 g/mol. The lowest BCUT2D eigenvalue weighted by molar-refractivity contribution is -0.181. The molecule has 0 spiro atoms. The van der Waals surface area contributed by atoms with Gasteiger partial charge in [-0.05, 0) is 33.6 Å². The Hall–Kier alpha value is -0.780. The molecule has 0 aromatic rings. The molecule has 1 aliphatic heterocycles. The number of nitrogens with one attached hydrogen (secondary N) is 1. The van der Waals surface area contributed by atoms with Gasteiger partial charge in [-0.2, -0.15) is 13.2 Å². The molecular formula is C19H36F3IN4O2. The van der Waals surface area contributed by atoms with Gasteiger partial charge in [0.25, 0.3) is 0 Å². The third kappa shape index (κ3) is 11.3. The van der Waals surface area contributed by atoms with Crippen molar-refractivity contribution in [2.45, 2.75) is 65.1 Å². The summed E-state index contributed by atoms with van der Waals surface area (Å²) in [6.07, 6.45) is -0.0444. The third-order valence-electron chi connectivity index (χ3n) is 4.83. The summed E-state index contributed by atoms with van der Waals surface area (Å²) < 4.78 is 43.5. The predicted octanol–water partition coefficient (Wildman–Crippen LogP) is 3.65. The molecule has 1 atom stereocenters. The van der Waals surface area contributed by atoms with Crippen LogP contribution < -0.4 is 5.32 Å². The third-order valence-corrected chi connectivity index (χ3v) is 4.83. The van der Waals surface area contributed by atoms with Crippen LogP contribution in [0.3, 0.4) is 0 Å². The van der Waals surface area contributed by atoms with Crippen LogP contribution in [0.4, 0.5) is 13.2 Å². The Morgan fingerprint density at radius 1 is 1.10 bits per heavy atom. The van der Waals surface area contributed by atoms with Crippen LogP contribution in [0.25, 0.3) is 0 Å². The zero-order valence-corrected chi connectivity index (χ0v) is 20.1. The lowest BCUT2D eigenvalue weighted by Gasteiger charge is -2.39. The van der Waals surface area contributed by atoms with Gasteiger partial charge in [-0.25, -0.2) is 0 Å². The van der Waals surface area contributed by atoms with Crippen LogP contribution in [0.2, 0.25) is 0 Å². The minimum absolute atomic E-state index is 0. The van der Waals surface area contributed by atoms with Gasteiger partial charge in [0, 0.05) is 45.7 Å². The van der Waals surface area contributed by atoms with Crippen molar-refractivity contribution in [1.29, 1.82) is 0 Å². The van der Waals surface area contributed by atoms with Crippen molar-refractivity contribution in [2.75, 3.05) is 45.9 Å². The van der Waals surface area contributed by atoms with Crippen molar-refractivity contribution >= 4 is 35.9 Å². The lowest BCUT2D eigenvalue weighted by Crippen LogP contribution is -2.56. The number of alkyl halides is 3. The monoisotopic (exact) mass is 536 g/mol. The highest BCUT2D eigenvalue weighted by Gasteiger charge is 2.41. The molecule has 1 fully saturated rings. The highest BCUT2D eigenvalue weighted by Crippen LogP contribution is 2.25. The largest absolute Gasteiger partial charge is 0.466 e. The zero-order valence-electron chi connectivity index (χ0n) is 17.8. The molecule has 0 amide bonds. The van der Waals surface area contributed by atoms with Gasteiger partial charge in [0.05, 0.1) is 6.61 Å². The first-order valence-electron chi connectivity index (χ1n) is 10.3. The number of unbranched alkanes of at least 4 members (excludes halogenated alkanes) is 3. The number of carbonyl (C=O) groups is 1. The first-order chi connectivity index (χ1) is 13.3. The molecule has 1 heterocycles. The smallest absolute Gasteiger partial charge is 0.403 e. The topological polar surface area (TPSA) is 57.2 Å². The van der Waals surface area contributed by atoms with E-state index < -0.39 is 12.2 Å². The van der Waals surface area contributed by atoms with Crippen LogP contribution >= 0.6 is 24.0 Å². The summed E-state index contributed by atoms with van der Waals surface area (Å²) in [5, 5.41) is 3.23. The normalized spacial score (nSPS) is 16.9. The maximum atomic E-state index is 12.9. The van der Waals surface area contributed by atoms with Crippen LogP contribution in [0.5, 0.6) is 0 Å². The van der Waals surface area contributed by atoms with Gasteiger partial charge in [-0.15, -0.1) is 24.0 Å². The second-order valence-corrected chi connectivity index (χ2v) is 6.95. The van der Waals surface area contributed by atoms with Gasteiger partial charge < -0.3 is 15.0 Å². The van der Waals surface area contributed by atoms with Gasteiger partial charge in [0.1, 0.15) is 6.04 Å². The SMILES string of the molecule is CCNC(=NCCCCCCC(=O)OCC)N1CCN(C(C)C(F)(F)F)CC1.I. The maximum absolute atomic E-state index is 12.9. The Morgan fingerprint density at radius 3 is 2.28 bits per heavy atom. The number of halogens is 4. The number of hydrogen-bond donors (Lipinski definition) is 1. The van der Waals surface area contributed by atoms with E-state index in [4.69, 9.17) is 4.74 Å². The van der Waals surface area contributed by atoms with E-state index in [1.54, 1.807) is 6.92 Å². The molecule has 0 aromatic heterocycles. The second-order valence-electron chi connectivity index (χ2n) is 6.95. The highest BCUT2D eigenvalue weighted by atomic mass is 127. The van der Waals surface area contributed by atoms with Gasteiger partial charge in [-0.1, -0.05) is 12.8 Å². The van der Waals surface area contributed by atoms with E-state index in [-0.39, 0.29) is 29.9 Å². The van der Waals surface area contributed by atoms with Crippen LogP contribution in [0.1, 0.15) is 52.9 Å². The number of ether oxygens (including phenoxy) is 1. The molecule has 0 aromatic carbocycles. The predicted molar refractivity (Wildman–Crippen MR) is 120 cm³/mol. The van der Waals surface area contributed by atoms with Crippen molar-refractivity contribution in [2.24, 2.45) is 4.99 Å². The molecule has 0 aliphatic carbocycles. The quantitative estimate of drug-likeness (QED) is 0.152. The minimum atomic E-state index is -4.19. The lowest BCUT2D eigenvalue weighted by atomic mass is 10.1. The van der Waals surface area contributed by atoms with Crippen molar-refractivity contribution in [3.8, 4) is 0 Å². The molecule has 0 radical (unpaired) electrons. The average molecular weight is 536 g/mol. The number of hydrogen-bond acceptors (Lipinski definition) is 4. The zero-order chi connectivity index (χ0) is 21.0. The van der Waals surface area contributed by atoms with Crippen molar-refractivity contribution in [3.63, 3.8) is 0 Å². The van der Waals surface area contributed by atoms with E-state index in [2.05, 4.69) is 10.3 Å². The number of guanidine groups is 1. The Morgan fingerprint density at radius 2 is 1.72 bits per heavy atom. The number of nitrogens with zero attached hydrogens (tertiary/aromatic N) is 3. The summed E-state index contributed by atoms with van der Waals surface area (Å²) in [4.78, 5) is 19.4.